The van der Waals surface area contributed by atoms with Gasteiger partial charge in [0.25, 0.3) is 0 Å². The van der Waals surface area contributed by atoms with Crippen molar-refractivity contribution in [3.63, 3.8) is 0 Å². The topological polar surface area (TPSA) is 9.23 Å². The lowest BCUT2D eigenvalue weighted by atomic mass is 10.2. The normalized spacial score (nSPS) is 20.6. The van der Waals surface area contributed by atoms with E-state index >= 15 is 0 Å². The third-order valence-electron chi connectivity index (χ3n) is 2.17. The number of thioether (sulfide) groups is 2. The molecule has 0 spiro atoms. The molecule has 1 fully saturated rings. The van der Waals surface area contributed by atoms with Gasteiger partial charge in [-0.25, -0.2) is 0 Å². The lowest BCUT2D eigenvalue weighted by Crippen LogP contribution is -2.14. The Morgan fingerprint density at radius 3 is 2.93 bits per heavy atom. The van der Waals surface area contributed by atoms with Gasteiger partial charge in [0.05, 0.1) is 5.25 Å². The number of para-hydroxylation sites is 1. The van der Waals surface area contributed by atoms with Gasteiger partial charge in [0.15, 0.2) is 0 Å². The van der Waals surface area contributed by atoms with E-state index in [1.807, 2.05) is 18.2 Å². The molecule has 1 aromatic carbocycles. The molecule has 0 aromatic heterocycles. The number of hydrogen-bond donors (Lipinski definition) is 0. The minimum Gasteiger partial charge on any atom is -0.492 e. The Morgan fingerprint density at radius 1 is 1.47 bits per heavy atom. The molecule has 1 aliphatic rings. The highest BCUT2D eigenvalue weighted by molar-refractivity contribution is 8.49. The molecule has 4 heteroatoms. The molecule has 0 bridgehead atoms. The number of aryl methyl sites for hydroxylation is 1. The van der Waals surface area contributed by atoms with Gasteiger partial charge in [-0.15, -0.1) is 11.8 Å². The van der Waals surface area contributed by atoms with Gasteiger partial charge >= 0.3 is 0 Å². The maximum absolute atomic E-state index is 5.78. The average Bonchev–Trinajstić information content (AvgIpc) is 2.63. The third kappa shape index (κ3) is 3.13. The van der Waals surface area contributed by atoms with Crippen molar-refractivity contribution < 1.29 is 4.74 Å². The maximum Gasteiger partial charge on any atom is 0.122 e. The van der Waals surface area contributed by atoms with E-state index in [0.717, 1.165) is 21.6 Å². The van der Waals surface area contributed by atoms with Crippen molar-refractivity contribution >= 4 is 39.3 Å². The van der Waals surface area contributed by atoms with Crippen LogP contribution in [0.15, 0.2) is 24.3 Å². The first-order valence-electron chi connectivity index (χ1n) is 4.77. The van der Waals surface area contributed by atoms with E-state index < -0.39 is 0 Å². The molecule has 1 nitrogen and oxygen atoms in total. The lowest BCUT2D eigenvalue weighted by molar-refractivity contribution is 0.322. The predicted molar refractivity (Wildman–Crippen MR) is 73.1 cm³/mol. The molecule has 0 radical (unpaired) electrons. The Hall–Kier alpha value is -0.190. The molecule has 0 amide bonds. The Morgan fingerprint density at radius 2 is 2.27 bits per heavy atom. The van der Waals surface area contributed by atoms with Crippen LogP contribution in [0.2, 0.25) is 0 Å². The Kier molecular flexibility index (Phi) is 3.94. The summed E-state index contributed by atoms with van der Waals surface area (Å²) in [6.45, 7) is 2.82. The van der Waals surface area contributed by atoms with E-state index in [1.54, 1.807) is 23.5 Å². The van der Waals surface area contributed by atoms with Crippen LogP contribution in [0.3, 0.4) is 0 Å². The predicted octanol–water partition coefficient (Wildman–Crippen LogP) is 3.51. The summed E-state index contributed by atoms with van der Waals surface area (Å²) >= 11 is 8.64. The minimum atomic E-state index is 0.516. The summed E-state index contributed by atoms with van der Waals surface area (Å²) in [7, 11) is 0. The van der Waals surface area contributed by atoms with Crippen molar-refractivity contribution in [2.24, 2.45) is 0 Å². The molecular weight excluding hydrogens is 244 g/mol. The van der Waals surface area contributed by atoms with Gasteiger partial charge < -0.3 is 4.74 Å². The zero-order valence-corrected chi connectivity index (χ0v) is 10.9. The number of ether oxygens (including phenoxy) is 1. The lowest BCUT2D eigenvalue weighted by Gasteiger charge is -2.11. The Balaban J connectivity index is 1.88. The summed E-state index contributed by atoms with van der Waals surface area (Å²) in [5.41, 5.74) is 1.19. The van der Waals surface area contributed by atoms with Crippen LogP contribution in [0.5, 0.6) is 5.75 Å². The van der Waals surface area contributed by atoms with Gasteiger partial charge in [-0.05, 0) is 18.6 Å². The van der Waals surface area contributed by atoms with Crippen molar-refractivity contribution in [2.75, 3.05) is 12.4 Å². The van der Waals surface area contributed by atoms with Crippen molar-refractivity contribution in [1.29, 1.82) is 0 Å². The van der Waals surface area contributed by atoms with Crippen LogP contribution in [0.25, 0.3) is 0 Å². The molecule has 80 valence electrons. The summed E-state index contributed by atoms with van der Waals surface area (Å²) in [5.74, 6) is 2.07. The van der Waals surface area contributed by atoms with E-state index in [-0.39, 0.29) is 0 Å². The standard InChI is InChI=1S/C11H12OS3/c1-8-4-2-3-5-10(8)12-6-9-7-14-11(13)15-9/h2-5,9H,6-7H2,1H3. The van der Waals surface area contributed by atoms with Crippen molar-refractivity contribution in [1.82, 2.24) is 0 Å². The van der Waals surface area contributed by atoms with Crippen LogP contribution in [0, 0.1) is 6.92 Å². The van der Waals surface area contributed by atoms with Gasteiger partial charge in [0, 0.05) is 5.75 Å². The number of thiocarbonyl (C=S) groups is 1. The first-order chi connectivity index (χ1) is 7.25. The van der Waals surface area contributed by atoms with E-state index in [2.05, 4.69) is 13.0 Å². The second-order valence-corrected chi connectivity index (χ2v) is 6.90. The fourth-order valence-corrected chi connectivity index (χ4v) is 4.15. The fraction of sp³-hybridized carbons (Fsp3) is 0.364. The molecule has 0 saturated carbocycles. The highest BCUT2D eigenvalue weighted by atomic mass is 32.2. The molecule has 1 aliphatic heterocycles. The van der Waals surface area contributed by atoms with Crippen molar-refractivity contribution in [3.05, 3.63) is 29.8 Å². The fourth-order valence-electron chi connectivity index (χ4n) is 1.35. The smallest absolute Gasteiger partial charge is 0.122 e. The zero-order chi connectivity index (χ0) is 10.7. The van der Waals surface area contributed by atoms with Crippen molar-refractivity contribution in [2.45, 2.75) is 12.2 Å². The number of hydrogen-bond acceptors (Lipinski definition) is 4. The van der Waals surface area contributed by atoms with Gasteiger partial charge in [-0.3, -0.25) is 0 Å². The highest BCUT2D eigenvalue weighted by Gasteiger charge is 2.21. The molecule has 2 rings (SSSR count). The molecular formula is C11H12OS3. The molecule has 15 heavy (non-hydrogen) atoms. The second kappa shape index (κ2) is 5.23. The van der Waals surface area contributed by atoms with Crippen molar-refractivity contribution in [3.8, 4) is 5.75 Å². The molecule has 1 atom stereocenters. The first-order valence-corrected chi connectivity index (χ1v) is 7.05. The molecule has 0 aliphatic carbocycles. The van der Waals surface area contributed by atoms with Crippen LogP contribution in [0.1, 0.15) is 5.56 Å². The maximum atomic E-state index is 5.78. The van der Waals surface area contributed by atoms with Crippen LogP contribution < -0.4 is 4.74 Å². The van der Waals surface area contributed by atoms with Crippen LogP contribution in [-0.4, -0.2) is 21.1 Å². The molecule has 1 unspecified atom stereocenters. The molecule has 1 saturated heterocycles. The summed E-state index contributed by atoms with van der Waals surface area (Å²) in [5, 5.41) is 0.516. The van der Waals surface area contributed by atoms with Gasteiger partial charge in [-0.2, -0.15) is 0 Å². The minimum absolute atomic E-state index is 0.516. The van der Waals surface area contributed by atoms with E-state index in [9.17, 15) is 0 Å². The van der Waals surface area contributed by atoms with E-state index in [0.29, 0.717) is 5.25 Å². The summed E-state index contributed by atoms with van der Waals surface area (Å²) in [6.07, 6.45) is 0. The van der Waals surface area contributed by atoms with E-state index in [1.165, 1.54) is 5.56 Å². The molecule has 1 heterocycles. The van der Waals surface area contributed by atoms with Gasteiger partial charge in [0.2, 0.25) is 0 Å². The summed E-state index contributed by atoms with van der Waals surface area (Å²) < 4.78 is 6.82. The van der Waals surface area contributed by atoms with Crippen LogP contribution in [-0.2, 0) is 0 Å². The zero-order valence-electron chi connectivity index (χ0n) is 8.43. The first kappa shape index (κ1) is 11.3. The molecule has 1 aromatic rings. The molecule has 0 N–H and O–H groups in total. The number of rotatable bonds is 3. The van der Waals surface area contributed by atoms with Gasteiger partial charge in [0.1, 0.15) is 15.9 Å². The number of benzene rings is 1. The third-order valence-corrected chi connectivity index (χ3v) is 5.30. The van der Waals surface area contributed by atoms with Gasteiger partial charge in [-0.1, -0.05) is 42.2 Å². The summed E-state index contributed by atoms with van der Waals surface area (Å²) in [4.78, 5) is 0. The van der Waals surface area contributed by atoms with Crippen LogP contribution >= 0.6 is 35.7 Å². The monoisotopic (exact) mass is 256 g/mol. The SMILES string of the molecule is Cc1ccccc1OCC1CSC(=S)S1. The largest absolute Gasteiger partial charge is 0.492 e. The second-order valence-electron chi connectivity index (χ2n) is 3.38. The van der Waals surface area contributed by atoms with Crippen LogP contribution in [0.4, 0.5) is 0 Å². The summed E-state index contributed by atoms with van der Waals surface area (Å²) in [6, 6.07) is 8.11. The van der Waals surface area contributed by atoms with E-state index in [4.69, 9.17) is 17.0 Å². The quantitative estimate of drug-likeness (QED) is 0.765. The Labute approximate surface area is 104 Å². The Bertz CT molecular complexity index is 365. The average molecular weight is 256 g/mol. The highest BCUT2D eigenvalue weighted by Crippen LogP contribution is 2.33.